The van der Waals surface area contributed by atoms with Crippen LogP contribution in [0.3, 0.4) is 0 Å². The topological polar surface area (TPSA) is 88.4 Å². The lowest BCUT2D eigenvalue weighted by molar-refractivity contribution is -0.300. The zero-order valence-corrected chi connectivity index (χ0v) is 16.6. The molecule has 1 unspecified atom stereocenters. The number of nitrogens with zero attached hydrogens (tertiary/aromatic N) is 2. The van der Waals surface area contributed by atoms with E-state index in [0.717, 1.165) is 51.0 Å². The number of hydroxylamine groups is 2. The van der Waals surface area contributed by atoms with Crippen molar-refractivity contribution in [1.29, 1.82) is 0 Å². The molecule has 2 atom stereocenters. The van der Waals surface area contributed by atoms with E-state index >= 15 is 0 Å². The van der Waals surface area contributed by atoms with Crippen molar-refractivity contribution >= 4 is 6.29 Å². The smallest absolute Gasteiger partial charge is 0.175 e. The van der Waals surface area contributed by atoms with Crippen LogP contribution in [0.15, 0.2) is 59.6 Å². The third-order valence-corrected chi connectivity index (χ3v) is 4.15. The number of carbonyl (C=O) groups excluding carboxylic acids is 1. The van der Waals surface area contributed by atoms with E-state index in [4.69, 9.17) is 14.7 Å². The first-order chi connectivity index (χ1) is 13.8. The highest BCUT2D eigenvalue weighted by Gasteiger charge is 2.33. The van der Waals surface area contributed by atoms with Gasteiger partial charge in [-0.2, -0.15) is 0 Å². The van der Waals surface area contributed by atoms with Gasteiger partial charge in [0.2, 0.25) is 0 Å². The summed E-state index contributed by atoms with van der Waals surface area (Å²) in [5, 5.41) is 11.5. The average Bonchev–Trinajstić information content (AvgIpc) is 2.73. The van der Waals surface area contributed by atoms with Gasteiger partial charge in [-0.05, 0) is 23.6 Å². The van der Waals surface area contributed by atoms with Gasteiger partial charge in [0, 0.05) is 20.1 Å². The van der Waals surface area contributed by atoms with Gasteiger partial charge in [0.15, 0.2) is 6.23 Å². The standard InChI is InChI=1S/C20H26N2O4.CH4O/c1-2-3-4-8-11-18(15-23)19(14-21-24)26-20-12-13-22(20)25-16-17-9-6-5-7-10-17;1-2/h4-10,14-15,18,20H,2-3,11-13,16H2,1H3;2H,1H3/b8-4+,19-14-;/t18?,20-;/m1./s1. The van der Waals surface area contributed by atoms with Gasteiger partial charge in [0.25, 0.3) is 0 Å². The van der Waals surface area contributed by atoms with E-state index in [0.29, 0.717) is 13.0 Å². The Kier molecular flexibility index (Phi) is 12.4. The molecular weight excluding hydrogens is 360 g/mol. The van der Waals surface area contributed by atoms with E-state index in [1.165, 1.54) is 0 Å². The van der Waals surface area contributed by atoms with E-state index < -0.39 is 5.92 Å². The van der Waals surface area contributed by atoms with Gasteiger partial charge >= 0.3 is 0 Å². The Labute approximate surface area is 166 Å². The number of hydrogen-bond donors (Lipinski definition) is 1. The number of carbonyl (C=O) groups is 1. The van der Waals surface area contributed by atoms with E-state index in [2.05, 4.69) is 12.1 Å². The fourth-order valence-corrected chi connectivity index (χ4v) is 2.53. The highest BCUT2D eigenvalue weighted by atomic mass is 16.7. The fourth-order valence-electron chi connectivity index (χ4n) is 2.53. The quantitative estimate of drug-likeness (QED) is 0.252. The molecule has 0 radical (unpaired) electrons. The van der Waals surface area contributed by atoms with Gasteiger partial charge in [0.05, 0.1) is 12.5 Å². The van der Waals surface area contributed by atoms with Crippen LogP contribution in [0.25, 0.3) is 0 Å². The Hall–Kier alpha value is -2.35. The van der Waals surface area contributed by atoms with Crippen molar-refractivity contribution in [3.63, 3.8) is 0 Å². The molecule has 0 aromatic heterocycles. The highest BCUT2D eigenvalue weighted by molar-refractivity contribution is 5.58. The molecule has 154 valence electrons. The zero-order chi connectivity index (χ0) is 20.6. The molecule has 1 aromatic carbocycles. The van der Waals surface area contributed by atoms with Crippen molar-refractivity contribution in [1.82, 2.24) is 5.06 Å². The van der Waals surface area contributed by atoms with Gasteiger partial charge < -0.3 is 14.6 Å². The molecule has 0 amide bonds. The van der Waals surface area contributed by atoms with Crippen LogP contribution in [0.4, 0.5) is 0 Å². The molecule has 1 aromatic rings. The van der Waals surface area contributed by atoms with Gasteiger partial charge in [0.1, 0.15) is 18.2 Å². The van der Waals surface area contributed by atoms with Crippen molar-refractivity contribution in [2.45, 2.75) is 45.4 Å². The molecule has 0 bridgehead atoms. The second-order valence-corrected chi connectivity index (χ2v) is 6.14. The number of unbranched alkanes of at least 4 members (excludes halogenated alkanes) is 1. The number of rotatable bonds is 12. The van der Waals surface area contributed by atoms with E-state index in [1.54, 1.807) is 5.06 Å². The maximum atomic E-state index is 11.4. The lowest BCUT2D eigenvalue weighted by Crippen LogP contribution is -2.49. The predicted octanol–water partition coefficient (Wildman–Crippen LogP) is 3.94. The summed E-state index contributed by atoms with van der Waals surface area (Å²) < 4.78 is 5.84. The number of nitroso groups, excluding NO2 is 1. The van der Waals surface area contributed by atoms with Crippen LogP contribution in [0.5, 0.6) is 0 Å². The highest BCUT2D eigenvalue weighted by Crippen LogP contribution is 2.26. The summed E-state index contributed by atoms with van der Waals surface area (Å²) >= 11 is 0. The normalized spacial score (nSPS) is 18.0. The van der Waals surface area contributed by atoms with Crippen LogP contribution in [0.2, 0.25) is 0 Å². The predicted molar refractivity (Wildman–Crippen MR) is 108 cm³/mol. The number of ether oxygens (including phenoxy) is 1. The number of benzene rings is 1. The first-order valence-electron chi connectivity index (χ1n) is 9.46. The lowest BCUT2D eigenvalue weighted by atomic mass is 10.0. The molecule has 0 saturated carbocycles. The largest absolute Gasteiger partial charge is 0.475 e. The third kappa shape index (κ3) is 8.12. The first-order valence-corrected chi connectivity index (χ1v) is 9.46. The minimum Gasteiger partial charge on any atom is -0.475 e. The molecule has 0 aliphatic carbocycles. The molecule has 7 nitrogen and oxygen atoms in total. The van der Waals surface area contributed by atoms with Crippen molar-refractivity contribution in [3.05, 3.63) is 64.9 Å². The molecule has 7 heteroatoms. The van der Waals surface area contributed by atoms with Crippen LogP contribution in [0, 0.1) is 10.8 Å². The second-order valence-electron chi connectivity index (χ2n) is 6.14. The summed E-state index contributed by atoms with van der Waals surface area (Å²) in [7, 11) is 1.00. The van der Waals surface area contributed by atoms with Crippen LogP contribution < -0.4 is 0 Å². The maximum Gasteiger partial charge on any atom is 0.175 e. The summed E-state index contributed by atoms with van der Waals surface area (Å²) in [5.41, 5.74) is 1.07. The number of aliphatic hydroxyl groups excluding tert-OH is 1. The molecule has 1 aliphatic heterocycles. The monoisotopic (exact) mass is 390 g/mol. The Morgan fingerprint density at radius 2 is 2.07 bits per heavy atom. The van der Waals surface area contributed by atoms with Crippen LogP contribution in [-0.4, -0.2) is 36.3 Å². The number of hydrogen-bond acceptors (Lipinski definition) is 7. The minimum absolute atomic E-state index is 0.286. The Morgan fingerprint density at radius 3 is 2.64 bits per heavy atom. The summed E-state index contributed by atoms with van der Waals surface area (Å²) in [6.45, 7) is 3.27. The maximum absolute atomic E-state index is 11.4. The van der Waals surface area contributed by atoms with Gasteiger partial charge in [-0.25, -0.2) is 0 Å². The average molecular weight is 390 g/mol. The summed E-state index contributed by atoms with van der Waals surface area (Å²) in [4.78, 5) is 27.9. The van der Waals surface area contributed by atoms with Crippen molar-refractivity contribution < 1.29 is 19.5 Å². The van der Waals surface area contributed by atoms with E-state index in [9.17, 15) is 9.70 Å². The molecule has 1 fully saturated rings. The van der Waals surface area contributed by atoms with Crippen molar-refractivity contribution in [3.8, 4) is 0 Å². The van der Waals surface area contributed by atoms with Gasteiger partial charge in [-0.1, -0.05) is 55.8 Å². The van der Waals surface area contributed by atoms with Crippen LogP contribution in [0.1, 0.15) is 38.2 Å². The molecule has 1 heterocycles. The Balaban J connectivity index is 0.00000190. The minimum atomic E-state index is -0.516. The summed E-state index contributed by atoms with van der Waals surface area (Å²) in [6.07, 6.45) is 8.80. The molecule has 2 rings (SSSR count). The first kappa shape index (κ1) is 23.7. The van der Waals surface area contributed by atoms with Gasteiger partial charge in [-0.15, -0.1) is 9.97 Å². The van der Waals surface area contributed by atoms with Crippen LogP contribution in [-0.2, 0) is 21.0 Å². The summed E-state index contributed by atoms with van der Waals surface area (Å²) in [5.74, 6) is -0.230. The number of aldehydes is 1. The fraction of sp³-hybridized carbons (Fsp3) is 0.476. The molecule has 1 saturated heterocycles. The van der Waals surface area contributed by atoms with Gasteiger partial charge in [-0.3, -0.25) is 4.84 Å². The second kappa shape index (κ2) is 14.7. The number of aliphatic hydroxyl groups is 1. The number of allylic oxidation sites excluding steroid dienone is 3. The molecule has 28 heavy (non-hydrogen) atoms. The molecular formula is C21H30N2O5. The Bertz CT molecular complexity index is 618. The van der Waals surface area contributed by atoms with Crippen molar-refractivity contribution in [2.24, 2.45) is 11.1 Å². The molecule has 1 N–H and O–H groups in total. The van der Waals surface area contributed by atoms with E-state index in [-0.39, 0.29) is 12.0 Å². The molecule has 1 aliphatic rings. The zero-order valence-electron chi connectivity index (χ0n) is 16.6. The molecule has 0 spiro atoms. The Morgan fingerprint density at radius 1 is 1.32 bits per heavy atom. The third-order valence-electron chi connectivity index (χ3n) is 4.15. The van der Waals surface area contributed by atoms with Crippen molar-refractivity contribution in [2.75, 3.05) is 13.7 Å². The van der Waals surface area contributed by atoms with E-state index in [1.807, 2.05) is 42.5 Å². The van der Waals surface area contributed by atoms with Crippen LogP contribution >= 0.6 is 0 Å². The lowest BCUT2D eigenvalue weighted by Gasteiger charge is -2.39. The summed E-state index contributed by atoms with van der Waals surface area (Å²) in [6, 6.07) is 9.85. The SMILES string of the molecule is CCC/C=C/CC(C=O)/C(=C/N=O)O[C@@H]1CCN1OCc1ccccc1.CO.